The molecule has 0 heterocycles. The first-order chi connectivity index (χ1) is 16.5. The molecular weight excluding hydrogens is 571 g/mol. The first-order valence-electron chi connectivity index (χ1n) is 13.8. The van der Waals surface area contributed by atoms with E-state index in [0.717, 1.165) is 11.8 Å². The number of fused-ring (bicyclic) bond motifs is 2. The smallest absolute Gasteiger partial charge is 1.00 e. The van der Waals surface area contributed by atoms with E-state index in [4.69, 9.17) is 0 Å². The van der Waals surface area contributed by atoms with E-state index in [0.29, 0.717) is 0 Å². The van der Waals surface area contributed by atoms with Gasteiger partial charge in [0.1, 0.15) is 0 Å². The summed E-state index contributed by atoms with van der Waals surface area (Å²) in [4.78, 5) is 0. The molecule has 0 spiro atoms. The third-order valence-electron chi connectivity index (χ3n) is 8.92. The summed E-state index contributed by atoms with van der Waals surface area (Å²) in [6.45, 7) is 8.86. The Labute approximate surface area is 256 Å². The molecule has 0 radical (unpaired) electrons. The molecule has 0 aromatic heterocycles. The van der Waals surface area contributed by atoms with Crippen LogP contribution < -0.4 is 24.8 Å². The molecule has 4 aromatic rings. The topological polar surface area (TPSA) is 0 Å². The van der Waals surface area contributed by atoms with Crippen molar-refractivity contribution in [1.29, 1.82) is 0 Å². The molecule has 6 rings (SSSR count). The van der Waals surface area contributed by atoms with Crippen molar-refractivity contribution in [2.45, 2.75) is 91.9 Å². The Balaban J connectivity index is 0.000000241. The minimum absolute atomic E-state index is 0. The zero-order valence-corrected chi connectivity index (χ0v) is 27.1. The van der Waals surface area contributed by atoms with Crippen molar-refractivity contribution >= 4 is 21.5 Å². The summed E-state index contributed by atoms with van der Waals surface area (Å²) < 4.78 is 0. The van der Waals surface area contributed by atoms with Crippen molar-refractivity contribution in [3.05, 3.63) is 81.9 Å². The number of halogens is 2. The van der Waals surface area contributed by atoms with Gasteiger partial charge in [0.25, 0.3) is 0 Å². The summed E-state index contributed by atoms with van der Waals surface area (Å²) in [7, 11) is 0. The van der Waals surface area contributed by atoms with Crippen LogP contribution in [-0.2, 0) is 39.0 Å². The molecule has 37 heavy (non-hydrogen) atoms. The number of rotatable bonds is 4. The maximum atomic E-state index is 2.38. The normalized spacial score (nSPS) is 15.7. The molecule has 2 aliphatic rings. The second-order valence-electron chi connectivity index (χ2n) is 11.5. The third-order valence-corrected chi connectivity index (χ3v) is 8.92. The van der Waals surface area contributed by atoms with Gasteiger partial charge in [-0.25, -0.2) is 0 Å². The van der Waals surface area contributed by atoms with Crippen molar-refractivity contribution in [1.82, 2.24) is 0 Å². The Morgan fingerprint density at radius 1 is 0.568 bits per heavy atom. The van der Waals surface area contributed by atoms with Gasteiger partial charge in [-0.2, -0.15) is 11.1 Å². The van der Waals surface area contributed by atoms with Crippen LogP contribution in [0.5, 0.6) is 0 Å². The number of hydrogen-bond donors (Lipinski definition) is 0. The van der Waals surface area contributed by atoms with Crippen molar-refractivity contribution < 1.29 is 51.0 Å². The summed E-state index contributed by atoms with van der Waals surface area (Å²) in [6.07, 6.45) is 14.1. The van der Waals surface area contributed by atoms with Crippen LogP contribution in [0.3, 0.4) is 0 Å². The number of aryl methyl sites for hydroxylation is 4. The van der Waals surface area contributed by atoms with E-state index in [1.54, 1.807) is 11.1 Å². The zero-order chi connectivity index (χ0) is 23.7. The second-order valence-corrected chi connectivity index (χ2v) is 11.5. The largest absolute Gasteiger partial charge is 4.00 e. The minimum Gasteiger partial charge on any atom is -1.00 e. The Morgan fingerprint density at radius 2 is 0.892 bits per heavy atom. The molecule has 0 atom stereocenters. The van der Waals surface area contributed by atoms with Crippen LogP contribution in [0.1, 0.15) is 84.7 Å². The molecule has 0 saturated heterocycles. The predicted molar refractivity (Wildman–Crippen MR) is 149 cm³/mol. The molecule has 0 N–H and O–H groups in total. The van der Waals surface area contributed by atoms with Crippen LogP contribution >= 0.6 is 0 Å². The fourth-order valence-corrected chi connectivity index (χ4v) is 6.48. The summed E-state index contributed by atoms with van der Waals surface area (Å²) in [5.41, 5.74) is 8.84. The van der Waals surface area contributed by atoms with Gasteiger partial charge >= 0.3 is 26.2 Å². The number of benzene rings is 2. The SMILES string of the molecule is Cc1cc2[cH-]cc(CC3CCCC3)c2cc1C.Cc1cc2[cH-]cc(CC3CCCC3)c2cc1C.[Cl-].[Cl-].[Zr+4]. The van der Waals surface area contributed by atoms with Gasteiger partial charge < -0.3 is 24.8 Å². The molecule has 2 aliphatic carbocycles. The van der Waals surface area contributed by atoms with Gasteiger partial charge in [0.05, 0.1) is 0 Å². The first-order valence-corrected chi connectivity index (χ1v) is 13.8. The molecule has 0 unspecified atom stereocenters. The van der Waals surface area contributed by atoms with E-state index in [1.807, 2.05) is 0 Å². The van der Waals surface area contributed by atoms with E-state index in [9.17, 15) is 0 Å². The Bertz CT molecular complexity index is 1170. The van der Waals surface area contributed by atoms with Crippen molar-refractivity contribution in [2.24, 2.45) is 11.8 Å². The molecule has 3 heteroatoms. The molecule has 2 saturated carbocycles. The average Bonchev–Trinajstić information content (AvgIpc) is 3.62. The number of hydrogen-bond acceptors (Lipinski definition) is 0. The molecule has 0 aliphatic heterocycles. The van der Waals surface area contributed by atoms with Gasteiger partial charge in [0.2, 0.25) is 0 Å². The van der Waals surface area contributed by atoms with Gasteiger partial charge in [-0.15, -0.1) is 70.1 Å². The maximum Gasteiger partial charge on any atom is 4.00 e. The summed E-state index contributed by atoms with van der Waals surface area (Å²) in [5.74, 6) is 1.89. The Morgan fingerprint density at radius 3 is 1.24 bits per heavy atom. The van der Waals surface area contributed by atoms with E-state index < -0.39 is 0 Å². The molecular formula is C34H42Cl2Zr. The average molecular weight is 613 g/mol. The van der Waals surface area contributed by atoms with Crippen LogP contribution in [0, 0.1) is 39.5 Å². The Hall–Kier alpha value is -0.877. The molecule has 4 aromatic carbocycles. The fourth-order valence-electron chi connectivity index (χ4n) is 6.48. The minimum atomic E-state index is 0. The van der Waals surface area contributed by atoms with Crippen LogP contribution in [0.2, 0.25) is 0 Å². The van der Waals surface area contributed by atoms with Crippen LogP contribution in [-0.4, -0.2) is 0 Å². The zero-order valence-electron chi connectivity index (χ0n) is 23.1. The van der Waals surface area contributed by atoms with Gasteiger partial charge in [0.15, 0.2) is 0 Å². The monoisotopic (exact) mass is 610 g/mol. The third kappa shape index (κ3) is 7.62. The van der Waals surface area contributed by atoms with E-state index in [2.05, 4.69) is 76.2 Å². The Kier molecular flexibility index (Phi) is 12.7. The van der Waals surface area contributed by atoms with Crippen LogP contribution in [0.4, 0.5) is 0 Å². The maximum absolute atomic E-state index is 2.38. The van der Waals surface area contributed by atoms with Gasteiger partial charge in [-0.05, 0) is 39.5 Å². The molecule has 0 bridgehead atoms. The molecule has 2 fully saturated rings. The van der Waals surface area contributed by atoms with Gasteiger partial charge in [-0.3, -0.25) is 0 Å². The molecule has 0 nitrogen and oxygen atoms in total. The molecule has 196 valence electrons. The fraction of sp³-hybridized carbons (Fsp3) is 0.471. The quantitative estimate of drug-likeness (QED) is 0.308. The van der Waals surface area contributed by atoms with Crippen molar-refractivity contribution in [3.8, 4) is 0 Å². The first kappa shape index (κ1) is 32.3. The van der Waals surface area contributed by atoms with E-state index in [-0.39, 0.29) is 51.0 Å². The van der Waals surface area contributed by atoms with E-state index in [1.165, 1.54) is 108 Å². The summed E-state index contributed by atoms with van der Waals surface area (Å²) >= 11 is 0. The molecule has 0 amide bonds. The van der Waals surface area contributed by atoms with E-state index >= 15 is 0 Å². The summed E-state index contributed by atoms with van der Waals surface area (Å²) in [5, 5.41) is 5.86. The van der Waals surface area contributed by atoms with Gasteiger partial charge in [-0.1, -0.05) is 86.5 Å². The van der Waals surface area contributed by atoms with Crippen molar-refractivity contribution in [2.75, 3.05) is 0 Å². The van der Waals surface area contributed by atoms with Crippen molar-refractivity contribution in [3.63, 3.8) is 0 Å². The second kappa shape index (κ2) is 14.5. The standard InChI is InChI=1S/2C17H21.2ClH.Zr/c2*1-12-9-15-7-8-16(17(15)10-13(12)2)11-14-5-3-4-6-14;;;/h2*7-10,14H,3-6,11H2,1-2H3;2*1H;/q2*-1;;;+4/p-2. The summed E-state index contributed by atoms with van der Waals surface area (Å²) in [6, 6.07) is 18.7. The van der Waals surface area contributed by atoms with Crippen LogP contribution in [0.25, 0.3) is 21.5 Å². The van der Waals surface area contributed by atoms with Crippen LogP contribution in [0.15, 0.2) is 48.5 Å². The van der Waals surface area contributed by atoms with Gasteiger partial charge in [0, 0.05) is 0 Å². The predicted octanol–water partition coefficient (Wildman–Crippen LogP) is 3.82.